The summed E-state index contributed by atoms with van der Waals surface area (Å²) in [5.41, 5.74) is 0.00129. The normalized spacial score (nSPS) is 16.4. The van der Waals surface area contributed by atoms with E-state index in [1.165, 1.54) is 6.07 Å². The molecule has 5 nitrogen and oxygen atoms in total. The van der Waals surface area contributed by atoms with Crippen LogP contribution in [0.1, 0.15) is 39.2 Å². The van der Waals surface area contributed by atoms with Gasteiger partial charge in [-0.05, 0) is 51.3 Å². The minimum Gasteiger partial charge on any atom is -0.506 e. The number of benzene rings is 1. The minimum absolute atomic E-state index is 0.0681. The highest BCUT2D eigenvalue weighted by molar-refractivity contribution is 5.87. The van der Waals surface area contributed by atoms with Gasteiger partial charge in [0.2, 0.25) is 0 Å². The summed E-state index contributed by atoms with van der Waals surface area (Å²) in [6.07, 6.45) is 1.89. The molecule has 0 heterocycles. The number of hydrogen-bond donors (Lipinski definition) is 2. The number of amides is 1. The molecule has 1 aromatic carbocycles. The third-order valence-corrected chi connectivity index (χ3v) is 3.22. The fourth-order valence-electron chi connectivity index (χ4n) is 1.97. The van der Waals surface area contributed by atoms with Gasteiger partial charge in [0.15, 0.2) is 0 Å². The highest BCUT2D eigenvalue weighted by Crippen LogP contribution is 2.47. The Morgan fingerprint density at radius 3 is 2.50 bits per heavy atom. The van der Waals surface area contributed by atoms with Gasteiger partial charge in [-0.15, -0.1) is 0 Å². The largest absolute Gasteiger partial charge is 0.506 e. The molecule has 1 saturated carbocycles. The van der Waals surface area contributed by atoms with Gasteiger partial charge in [-0.1, -0.05) is 6.07 Å². The van der Waals surface area contributed by atoms with Crippen LogP contribution in [0.2, 0.25) is 0 Å². The highest BCUT2D eigenvalue weighted by Gasteiger charge is 2.44. The van der Waals surface area contributed by atoms with E-state index in [-0.39, 0.29) is 11.4 Å². The number of aldehydes is 1. The monoisotopic (exact) mass is 277 g/mol. The van der Waals surface area contributed by atoms with Crippen molar-refractivity contribution in [2.45, 2.75) is 44.6 Å². The van der Waals surface area contributed by atoms with E-state index in [1.807, 2.05) is 0 Å². The third-order valence-electron chi connectivity index (χ3n) is 3.22. The van der Waals surface area contributed by atoms with Crippen molar-refractivity contribution in [3.05, 3.63) is 23.8 Å². The first kappa shape index (κ1) is 14.4. The Morgan fingerprint density at radius 2 is 2.05 bits per heavy atom. The standard InChI is InChI=1S/C15H19NO4/c1-14(2,3)20-13(19)16-11-5-4-10(8-12(11)18)15(9-17)6-7-15/h4-5,8-9,18H,6-7H2,1-3H3,(H,16,19). The maximum Gasteiger partial charge on any atom is 0.412 e. The molecule has 0 radical (unpaired) electrons. The Bertz CT molecular complexity index is 541. The molecule has 1 aliphatic rings. The van der Waals surface area contributed by atoms with Gasteiger partial charge in [-0.3, -0.25) is 5.32 Å². The first-order valence-corrected chi connectivity index (χ1v) is 6.56. The molecule has 0 unspecified atom stereocenters. The van der Waals surface area contributed by atoms with E-state index in [0.717, 1.165) is 24.7 Å². The van der Waals surface area contributed by atoms with Crippen LogP contribution < -0.4 is 5.32 Å². The summed E-state index contributed by atoms with van der Waals surface area (Å²) in [7, 11) is 0. The molecule has 0 spiro atoms. The van der Waals surface area contributed by atoms with Gasteiger partial charge in [0.25, 0.3) is 0 Å². The summed E-state index contributed by atoms with van der Waals surface area (Å²) in [5.74, 6) is -0.0681. The van der Waals surface area contributed by atoms with E-state index in [2.05, 4.69) is 5.32 Å². The Labute approximate surface area is 117 Å². The maximum atomic E-state index is 11.6. The predicted molar refractivity (Wildman–Crippen MR) is 74.9 cm³/mol. The van der Waals surface area contributed by atoms with E-state index in [1.54, 1.807) is 32.9 Å². The van der Waals surface area contributed by atoms with E-state index < -0.39 is 17.1 Å². The molecular formula is C15H19NO4. The van der Waals surface area contributed by atoms with Gasteiger partial charge in [0.05, 0.1) is 11.1 Å². The van der Waals surface area contributed by atoms with Crippen molar-refractivity contribution in [2.24, 2.45) is 0 Å². The van der Waals surface area contributed by atoms with E-state index >= 15 is 0 Å². The first-order valence-electron chi connectivity index (χ1n) is 6.56. The summed E-state index contributed by atoms with van der Waals surface area (Å²) in [5, 5.41) is 12.4. The van der Waals surface area contributed by atoms with Gasteiger partial charge < -0.3 is 14.6 Å². The van der Waals surface area contributed by atoms with Crippen LogP contribution in [0.25, 0.3) is 0 Å². The Balaban J connectivity index is 2.11. The van der Waals surface area contributed by atoms with Gasteiger partial charge in [-0.2, -0.15) is 0 Å². The fraction of sp³-hybridized carbons (Fsp3) is 0.467. The van der Waals surface area contributed by atoms with Crippen LogP contribution in [0.4, 0.5) is 10.5 Å². The van der Waals surface area contributed by atoms with Crippen molar-refractivity contribution in [2.75, 3.05) is 5.32 Å². The lowest BCUT2D eigenvalue weighted by Crippen LogP contribution is -2.27. The van der Waals surface area contributed by atoms with Crippen LogP contribution in [-0.4, -0.2) is 23.1 Å². The number of carbonyl (C=O) groups is 2. The van der Waals surface area contributed by atoms with Crippen LogP contribution >= 0.6 is 0 Å². The molecule has 2 N–H and O–H groups in total. The lowest BCUT2D eigenvalue weighted by molar-refractivity contribution is -0.109. The molecule has 108 valence electrons. The molecule has 2 rings (SSSR count). The van der Waals surface area contributed by atoms with Gasteiger partial charge in [0.1, 0.15) is 17.6 Å². The van der Waals surface area contributed by atoms with Gasteiger partial charge in [-0.25, -0.2) is 4.79 Å². The van der Waals surface area contributed by atoms with Crippen LogP contribution in [-0.2, 0) is 14.9 Å². The fourth-order valence-corrected chi connectivity index (χ4v) is 1.97. The SMILES string of the molecule is CC(C)(C)OC(=O)Nc1ccc(C2(C=O)CC2)cc1O. The van der Waals surface area contributed by atoms with Gasteiger partial charge in [0, 0.05) is 0 Å². The number of rotatable bonds is 3. The second kappa shape index (κ2) is 4.81. The number of nitrogens with one attached hydrogen (secondary N) is 1. The molecule has 0 atom stereocenters. The molecule has 0 aliphatic heterocycles. The topological polar surface area (TPSA) is 75.6 Å². The van der Waals surface area contributed by atoms with Crippen molar-refractivity contribution in [1.29, 1.82) is 0 Å². The second-order valence-electron chi connectivity index (χ2n) is 6.13. The second-order valence-corrected chi connectivity index (χ2v) is 6.13. The van der Waals surface area contributed by atoms with Crippen molar-refractivity contribution in [3.8, 4) is 5.75 Å². The quantitative estimate of drug-likeness (QED) is 0.658. The van der Waals surface area contributed by atoms with Gasteiger partial charge >= 0.3 is 6.09 Å². The zero-order valence-corrected chi connectivity index (χ0v) is 11.9. The molecule has 0 aromatic heterocycles. The summed E-state index contributed by atoms with van der Waals surface area (Å²) < 4.78 is 5.11. The average Bonchev–Trinajstić information content (AvgIpc) is 3.10. The van der Waals surface area contributed by atoms with Crippen LogP contribution in [0, 0.1) is 0 Å². The lowest BCUT2D eigenvalue weighted by Gasteiger charge is -2.20. The van der Waals surface area contributed by atoms with E-state index in [4.69, 9.17) is 4.74 Å². The van der Waals surface area contributed by atoms with Crippen molar-refractivity contribution < 1.29 is 19.4 Å². The Kier molecular flexibility index (Phi) is 3.46. The zero-order chi connectivity index (χ0) is 15.0. The minimum atomic E-state index is -0.628. The zero-order valence-electron chi connectivity index (χ0n) is 11.9. The molecule has 20 heavy (non-hydrogen) atoms. The number of carbonyl (C=O) groups excluding carboxylic acids is 2. The Hall–Kier alpha value is -2.04. The number of ether oxygens (including phenoxy) is 1. The molecule has 1 aliphatic carbocycles. The molecule has 1 amide bonds. The van der Waals surface area contributed by atoms with Crippen molar-refractivity contribution in [1.82, 2.24) is 0 Å². The Morgan fingerprint density at radius 1 is 1.40 bits per heavy atom. The molecule has 5 heteroatoms. The van der Waals surface area contributed by atoms with Crippen LogP contribution in [0.15, 0.2) is 18.2 Å². The van der Waals surface area contributed by atoms with Crippen molar-refractivity contribution in [3.63, 3.8) is 0 Å². The third kappa shape index (κ3) is 3.10. The number of anilines is 1. The molecule has 1 aromatic rings. The van der Waals surface area contributed by atoms with Crippen LogP contribution in [0.3, 0.4) is 0 Å². The maximum absolute atomic E-state index is 11.6. The number of hydrogen-bond acceptors (Lipinski definition) is 4. The highest BCUT2D eigenvalue weighted by atomic mass is 16.6. The molecule has 0 saturated heterocycles. The van der Waals surface area contributed by atoms with Crippen LogP contribution in [0.5, 0.6) is 5.75 Å². The molecule has 1 fully saturated rings. The van der Waals surface area contributed by atoms with Crippen molar-refractivity contribution >= 4 is 18.1 Å². The average molecular weight is 277 g/mol. The van der Waals surface area contributed by atoms with E-state index in [9.17, 15) is 14.7 Å². The number of phenols is 1. The molecular weight excluding hydrogens is 258 g/mol. The first-order chi connectivity index (χ1) is 9.26. The number of aromatic hydroxyl groups is 1. The summed E-state index contributed by atoms with van der Waals surface area (Å²) in [4.78, 5) is 22.7. The summed E-state index contributed by atoms with van der Waals surface area (Å²) in [6.45, 7) is 5.28. The smallest absolute Gasteiger partial charge is 0.412 e. The summed E-state index contributed by atoms with van der Waals surface area (Å²) in [6, 6.07) is 4.85. The molecule has 0 bridgehead atoms. The predicted octanol–water partition coefficient (Wildman–Crippen LogP) is 2.97. The number of phenolic OH excluding ortho intramolecular Hbond substituents is 1. The lowest BCUT2D eigenvalue weighted by atomic mass is 9.97. The van der Waals surface area contributed by atoms with E-state index in [0.29, 0.717) is 0 Å². The summed E-state index contributed by atoms with van der Waals surface area (Å²) >= 11 is 0.